The van der Waals surface area contributed by atoms with Crippen molar-refractivity contribution in [2.45, 2.75) is 40.2 Å². The normalized spacial score (nSPS) is 11.7. The van der Waals surface area contributed by atoms with E-state index in [4.69, 9.17) is 4.74 Å². The van der Waals surface area contributed by atoms with Crippen molar-refractivity contribution in [3.63, 3.8) is 0 Å². The fourth-order valence-electron chi connectivity index (χ4n) is 2.65. The first-order valence-corrected chi connectivity index (χ1v) is 8.70. The van der Waals surface area contributed by atoms with Crippen LogP contribution in [-0.4, -0.2) is 35.3 Å². The first kappa shape index (κ1) is 19.4. The summed E-state index contributed by atoms with van der Waals surface area (Å²) in [5.74, 6) is -1.93. The molecule has 0 aliphatic rings. The molecule has 6 nitrogen and oxygen atoms in total. The smallest absolute Gasteiger partial charge is 0.340 e. The van der Waals surface area contributed by atoms with Crippen molar-refractivity contribution in [3.8, 4) is 11.1 Å². The Morgan fingerprint density at radius 2 is 1.81 bits per heavy atom. The second-order valence-corrected chi connectivity index (χ2v) is 6.07. The number of ketones is 1. The number of aromatic nitrogens is 1. The number of ether oxygens (including phenoxy) is 1. The zero-order valence-corrected chi connectivity index (χ0v) is 15.5. The van der Waals surface area contributed by atoms with Crippen LogP contribution < -0.4 is 5.32 Å². The molecule has 2 rings (SSSR count). The van der Waals surface area contributed by atoms with Crippen molar-refractivity contribution in [3.05, 3.63) is 47.3 Å². The van der Waals surface area contributed by atoms with Crippen molar-refractivity contribution in [2.75, 3.05) is 6.61 Å². The molecular weight excluding hydrogens is 332 g/mol. The highest BCUT2D eigenvalue weighted by Crippen LogP contribution is 2.31. The van der Waals surface area contributed by atoms with Crippen LogP contribution in [0, 0.1) is 6.92 Å². The van der Waals surface area contributed by atoms with E-state index >= 15 is 0 Å². The standard InChI is InChI=1S/C20H24N2O4/c1-5-12(3)21-19(24)18(23)17-16(14-10-8-7-9-11-14)15(13(4)22-17)20(25)26-6-2/h7-12,22H,5-6H2,1-4H3,(H,21,24)/t12-/m1/s1. The maximum Gasteiger partial charge on any atom is 0.340 e. The second-order valence-electron chi connectivity index (χ2n) is 6.07. The zero-order valence-electron chi connectivity index (χ0n) is 15.5. The van der Waals surface area contributed by atoms with Crippen molar-refractivity contribution in [2.24, 2.45) is 0 Å². The van der Waals surface area contributed by atoms with Gasteiger partial charge in [-0.2, -0.15) is 0 Å². The quantitative estimate of drug-likeness (QED) is 0.453. The van der Waals surface area contributed by atoms with E-state index in [0.717, 1.165) is 0 Å². The van der Waals surface area contributed by atoms with Gasteiger partial charge in [-0.25, -0.2) is 4.79 Å². The van der Waals surface area contributed by atoms with E-state index in [-0.39, 0.29) is 23.9 Å². The van der Waals surface area contributed by atoms with Crippen LogP contribution in [0.25, 0.3) is 11.1 Å². The summed E-state index contributed by atoms with van der Waals surface area (Å²) in [5.41, 5.74) is 1.92. The lowest BCUT2D eigenvalue weighted by molar-refractivity contribution is -0.117. The van der Waals surface area contributed by atoms with Gasteiger partial charge in [-0.15, -0.1) is 0 Å². The number of hydrogen-bond acceptors (Lipinski definition) is 4. The van der Waals surface area contributed by atoms with Crippen LogP contribution in [0.4, 0.5) is 0 Å². The predicted molar refractivity (Wildman–Crippen MR) is 99.1 cm³/mol. The molecule has 0 saturated heterocycles. The molecule has 0 aliphatic carbocycles. The molecule has 0 unspecified atom stereocenters. The number of aryl methyl sites for hydroxylation is 1. The number of nitrogens with one attached hydrogen (secondary N) is 2. The summed E-state index contributed by atoms with van der Waals surface area (Å²) in [5, 5.41) is 2.66. The van der Waals surface area contributed by atoms with E-state index in [2.05, 4.69) is 10.3 Å². The van der Waals surface area contributed by atoms with Crippen LogP contribution in [0.5, 0.6) is 0 Å². The SMILES string of the molecule is CCOC(=O)c1c(C)[nH]c(C(=O)C(=O)N[C@H](C)CC)c1-c1ccccc1. The van der Waals surface area contributed by atoms with Gasteiger partial charge < -0.3 is 15.0 Å². The number of H-pyrrole nitrogens is 1. The first-order chi connectivity index (χ1) is 12.4. The Bertz CT molecular complexity index is 809. The zero-order chi connectivity index (χ0) is 19.3. The van der Waals surface area contributed by atoms with E-state index < -0.39 is 17.7 Å². The van der Waals surface area contributed by atoms with Crippen LogP contribution in [0.1, 0.15) is 53.7 Å². The molecule has 0 aliphatic heterocycles. The van der Waals surface area contributed by atoms with E-state index in [9.17, 15) is 14.4 Å². The number of hydrogen-bond donors (Lipinski definition) is 2. The molecule has 2 aromatic rings. The van der Waals surface area contributed by atoms with E-state index in [1.165, 1.54) is 0 Å². The van der Waals surface area contributed by atoms with E-state index in [0.29, 0.717) is 23.2 Å². The third-order valence-corrected chi connectivity index (χ3v) is 4.15. The summed E-state index contributed by atoms with van der Waals surface area (Å²) < 4.78 is 5.14. The number of Topliss-reactive ketones (excluding diaryl/α,β-unsaturated/α-hetero) is 1. The van der Waals surface area contributed by atoms with Crippen LogP contribution >= 0.6 is 0 Å². The number of esters is 1. The van der Waals surface area contributed by atoms with Crippen LogP contribution in [0.2, 0.25) is 0 Å². The lowest BCUT2D eigenvalue weighted by atomic mass is 9.98. The van der Waals surface area contributed by atoms with Gasteiger partial charge in [0.15, 0.2) is 0 Å². The molecule has 6 heteroatoms. The number of amides is 1. The number of rotatable bonds is 7. The summed E-state index contributed by atoms with van der Waals surface area (Å²) in [7, 11) is 0. The number of benzene rings is 1. The monoisotopic (exact) mass is 356 g/mol. The maximum absolute atomic E-state index is 12.7. The predicted octanol–water partition coefficient (Wildman–Crippen LogP) is 3.26. The van der Waals surface area contributed by atoms with Gasteiger partial charge in [0.25, 0.3) is 11.7 Å². The van der Waals surface area contributed by atoms with Gasteiger partial charge in [-0.1, -0.05) is 37.3 Å². The Balaban J connectivity index is 2.56. The number of aromatic amines is 1. The molecule has 26 heavy (non-hydrogen) atoms. The lowest BCUT2D eigenvalue weighted by Crippen LogP contribution is -2.37. The highest BCUT2D eigenvalue weighted by Gasteiger charge is 2.29. The average molecular weight is 356 g/mol. The molecular formula is C20H24N2O4. The molecule has 0 saturated carbocycles. The Labute approximate surface area is 152 Å². The summed E-state index contributed by atoms with van der Waals surface area (Å²) in [6.07, 6.45) is 0.711. The van der Waals surface area contributed by atoms with Crippen molar-refractivity contribution < 1.29 is 19.1 Å². The minimum atomic E-state index is -0.706. The molecule has 1 atom stereocenters. The lowest BCUT2D eigenvalue weighted by Gasteiger charge is -2.11. The fourth-order valence-corrected chi connectivity index (χ4v) is 2.65. The van der Waals surface area contributed by atoms with Gasteiger partial charge in [0.05, 0.1) is 12.2 Å². The van der Waals surface area contributed by atoms with Gasteiger partial charge in [-0.05, 0) is 32.8 Å². The molecule has 1 aromatic heterocycles. The highest BCUT2D eigenvalue weighted by molar-refractivity contribution is 6.44. The van der Waals surface area contributed by atoms with Crippen molar-refractivity contribution in [1.29, 1.82) is 0 Å². The van der Waals surface area contributed by atoms with Crippen LogP contribution in [0.15, 0.2) is 30.3 Å². The van der Waals surface area contributed by atoms with Gasteiger partial charge >= 0.3 is 5.97 Å². The minimum absolute atomic E-state index is 0.0950. The molecule has 0 radical (unpaired) electrons. The van der Waals surface area contributed by atoms with Crippen LogP contribution in [-0.2, 0) is 9.53 Å². The first-order valence-electron chi connectivity index (χ1n) is 8.70. The maximum atomic E-state index is 12.7. The summed E-state index contributed by atoms with van der Waals surface area (Å²) in [4.78, 5) is 40.4. The summed E-state index contributed by atoms with van der Waals surface area (Å²) >= 11 is 0. The van der Waals surface area contributed by atoms with Gasteiger partial charge in [-0.3, -0.25) is 9.59 Å². The number of carbonyl (C=O) groups is 3. The molecule has 1 aromatic carbocycles. The Morgan fingerprint density at radius 1 is 1.15 bits per heavy atom. The third-order valence-electron chi connectivity index (χ3n) is 4.15. The van der Waals surface area contributed by atoms with E-state index in [1.807, 2.05) is 19.9 Å². The minimum Gasteiger partial charge on any atom is -0.462 e. The van der Waals surface area contributed by atoms with E-state index in [1.54, 1.807) is 38.1 Å². The molecule has 0 bridgehead atoms. The molecule has 138 valence electrons. The molecule has 0 fully saturated rings. The summed E-state index contributed by atoms with van der Waals surface area (Å²) in [6.45, 7) is 7.36. The number of carbonyl (C=O) groups excluding carboxylic acids is 3. The third kappa shape index (κ3) is 4.02. The van der Waals surface area contributed by atoms with Gasteiger partial charge in [0.2, 0.25) is 0 Å². The Kier molecular flexibility index (Phi) is 6.33. The fraction of sp³-hybridized carbons (Fsp3) is 0.350. The molecule has 1 heterocycles. The topological polar surface area (TPSA) is 88.3 Å². The van der Waals surface area contributed by atoms with Crippen LogP contribution in [0.3, 0.4) is 0 Å². The average Bonchev–Trinajstić information content (AvgIpc) is 2.99. The van der Waals surface area contributed by atoms with Gasteiger partial charge in [0, 0.05) is 17.3 Å². The Morgan fingerprint density at radius 3 is 2.38 bits per heavy atom. The molecule has 1 amide bonds. The molecule has 0 spiro atoms. The summed E-state index contributed by atoms with van der Waals surface area (Å²) in [6, 6.07) is 8.90. The highest BCUT2D eigenvalue weighted by atomic mass is 16.5. The van der Waals surface area contributed by atoms with Crippen molar-refractivity contribution in [1.82, 2.24) is 10.3 Å². The largest absolute Gasteiger partial charge is 0.462 e. The second kappa shape index (κ2) is 8.47. The molecule has 2 N–H and O–H groups in total. The Hall–Kier alpha value is -2.89. The van der Waals surface area contributed by atoms with Gasteiger partial charge in [0.1, 0.15) is 5.69 Å². The van der Waals surface area contributed by atoms with Crippen molar-refractivity contribution >= 4 is 17.7 Å².